The van der Waals surface area contributed by atoms with E-state index in [0.29, 0.717) is 6.54 Å². The Kier molecular flexibility index (Phi) is 3.50. The van der Waals surface area contributed by atoms with Crippen LogP contribution in [-0.4, -0.2) is 17.8 Å². The lowest BCUT2D eigenvalue weighted by atomic mass is 10.0. The number of nitrogens with two attached hydrogens (primary N) is 1. The van der Waals surface area contributed by atoms with Gasteiger partial charge in [-0.3, -0.25) is 0 Å². The van der Waals surface area contributed by atoms with Gasteiger partial charge >= 0.3 is 0 Å². The predicted octanol–water partition coefficient (Wildman–Crippen LogP) is 0.518. The number of hydrogen-bond donors (Lipinski definition) is 2. The molecule has 0 saturated heterocycles. The Hall–Kier alpha value is -0.340. The van der Waals surface area contributed by atoms with Crippen LogP contribution in [0, 0.1) is 5.92 Å². The average Bonchev–Trinajstić information content (AvgIpc) is 1.84. The first-order valence-corrected chi connectivity index (χ1v) is 3.13. The van der Waals surface area contributed by atoms with Crippen molar-refractivity contribution in [3.8, 4) is 0 Å². The van der Waals surface area contributed by atoms with Crippen molar-refractivity contribution in [3.05, 3.63) is 12.2 Å². The summed E-state index contributed by atoms with van der Waals surface area (Å²) in [6.07, 6.45) is -0.435. The molecule has 0 bridgehead atoms. The summed E-state index contributed by atoms with van der Waals surface area (Å²) >= 11 is 0. The van der Waals surface area contributed by atoms with Crippen molar-refractivity contribution in [2.45, 2.75) is 20.0 Å². The van der Waals surface area contributed by atoms with Crippen LogP contribution in [0.25, 0.3) is 0 Å². The zero-order chi connectivity index (χ0) is 7.44. The molecule has 2 atom stereocenters. The predicted molar refractivity (Wildman–Crippen MR) is 39.0 cm³/mol. The first kappa shape index (κ1) is 8.66. The van der Waals surface area contributed by atoms with Gasteiger partial charge in [-0.1, -0.05) is 19.1 Å². The molecule has 3 N–H and O–H groups in total. The van der Waals surface area contributed by atoms with Gasteiger partial charge in [-0.25, -0.2) is 0 Å². The highest BCUT2D eigenvalue weighted by molar-refractivity contribution is 4.98. The summed E-state index contributed by atoms with van der Waals surface area (Å²) in [7, 11) is 0. The van der Waals surface area contributed by atoms with Gasteiger partial charge in [0.15, 0.2) is 0 Å². The van der Waals surface area contributed by atoms with Gasteiger partial charge in [0.1, 0.15) is 0 Å². The minimum absolute atomic E-state index is 0.127. The van der Waals surface area contributed by atoms with Crippen molar-refractivity contribution in [2.75, 3.05) is 6.54 Å². The number of rotatable bonds is 3. The molecule has 0 unspecified atom stereocenters. The number of hydrogen-bond acceptors (Lipinski definition) is 2. The summed E-state index contributed by atoms with van der Waals surface area (Å²) < 4.78 is 0. The Balaban J connectivity index is 3.72. The fraction of sp³-hybridized carbons (Fsp3) is 0.714. The van der Waals surface area contributed by atoms with E-state index in [-0.39, 0.29) is 5.92 Å². The van der Waals surface area contributed by atoms with E-state index in [4.69, 9.17) is 5.73 Å². The fourth-order valence-electron chi connectivity index (χ4n) is 0.615. The maximum Gasteiger partial charge on any atom is 0.0782 e. The Morgan fingerprint density at radius 3 is 2.33 bits per heavy atom. The standard InChI is InChI=1S/C7H15NO/c1-5(2)7(9)6(3)4-8/h6-7,9H,1,4,8H2,2-3H3/t6-,7-/m1/s1. The molecule has 0 aromatic carbocycles. The van der Waals surface area contributed by atoms with Crippen LogP contribution in [0.5, 0.6) is 0 Å². The molecule has 0 rings (SSSR count). The molecule has 0 radical (unpaired) electrons. The topological polar surface area (TPSA) is 46.2 Å². The lowest BCUT2D eigenvalue weighted by Crippen LogP contribution is -2.25. The van der Waals surface area contributed by atoms with Gasteiger partial charge in [0, 0.05) is 0 Å². The molecular weight excluding hydrogens is 114 g/mol. The maximum absolute atomic E-state index is 9.22. The molecule has 0 aromatic rings. The Morgan fingerprint density at radius 1 is 1.78 bits per heavy atom. The van der Waals surface area contributed by atoms with Gasteiger partial charge in [-0.2, -0.15) is 0 Å². The van der Waals surface area contributed by atoms with Crippen molar-refractivity contribution in [2.24, 2.45) is 11.7 Å². The van der Waals surface area contributed by atoms with Gasteiger partial charge in [-0.15, -0.1) is 0 Å². The van der Waals surface area contributed by atoms with Gasteiger partial charge < -0.3 is 10.8 Å². The van der Waals surface area contributed by atoms with E-state index in [1.165, 1.54) is 0 Å². The van der Waals surface area contributed by atoms with Crippen LogP contribution < -0.4 is 5.73 Å². The van der Waals surface area contributed by atoms with Crippen LogP contribution in [0.4, 0.5) is 0 Å². The van der Waals surface area contributed by atoms with Crippen molar-refractivity contribution in [3.63, 3.8) is 0 Å². The zero-order valence-electron chi connectivity index (χ0n) is 6.09. The molecule has 0 aliphatic carbocycles. The average molecular weight is 129 g/mol. The second-order valence-electron chi connectivity index (χ2n) is 2.50. The van der Waals surface area contributed by atoms with Gasteiger partial charge in [0.2, 0.25) is 0 Å². The molecule has 54 valence electrons. The first-order valence-electron chi connectivity index (χ1n) is 3.13. The second-order valence-corrected chi connectivity index (χ2v) is 2.50. The first-order chi connectivity index (χ1) is 4.09. The van der Waals surface area contributed by atoms with Crippen LogP contribution >= 0.6 is 0 Å². The van der Waals surface area contributed by atoms with Gasteiger partial charge in [-0.05, 0) is 19.4 Å². The van der Waals surface area contributed by atoms with Crippen LogP contribution in [0.3, 0.4) is 0 Å². The molecule has 0 spiro atoms. The van der Waals surface area contributed by atoms with E-state index in [0.717, 1.165) is 5.57 Å². The molecule has 0 aromatic heterocycles. The largest absolute Gasteiger partial charge is 0.388 e. The third-order valence-corrected chi connectivity index (χ3v) is 1.42. The molecule has 0 amide bonds. The minimum Gasteiger partial charge on any atom is -0.388 e. The summed E-state index contributed by atoms with van der Waals surface area (Å²) in [6, 6.07) is 0. The van der Waals surface area contributed by atoms with E-state index >= 15 is 0 Å². The van der Waals surface area contributed by atoms with Crippen LogP contribution in [0.15, 0.2) is 12.2 Å². The molecule has 0 aliphatic rings. The molecule has 2 heteroatoms. The summed E-state index contributed by atoms with van der Waals surface area (Å²) in [5.74, 6) is 0.127. The normalized spacial score (nSPS) is 16.9. The Morgan fingerprint density at radius 2 is 2.22 bits per heavy atom. The molecular formula is C7H15NO. The quantitative estimate of drug-likeness (QED) is 0.546. The van der Waals surface area contributed by atoms with Crippen LogP contribution in [0.1, 0.15) is 13.8 Å². The molecule has 0 saturated carbocycles. The monoisotopic (exact) mass is 129 g/mol. The Bertz CT molecular complexity index is 101. The lowest BCUT2D eigenvalue weighted by Gasteiger charge is -2.15. The lowest BCUT2D eigenvalue weighted by molar-refractivity contribution is 0.155. The van der Waals surface area contributed by atoms with Crippen molar-refractivity contribution < 1.29 is 5.11 Å². The van der Waals surface area contributed by atoms with Crippen molar-refractivity contribution in [1.29, 1.82) is 0 Å². The van der Waals surface area contributed by atoms with E-state index in [9.17, 15) is 5.11 Å². The minimum atomic E-state index is -0.435. The smallest absolute Gasteiger partial charge is 0.0782 e. The van der Waals surface area contributed by atoms with E-state index in [1.807, 2.05) is 6.92 Å². The third kappa shape index (κ3) is 2.63. The number of aliphatic hydroxyl groups is 1. The summed E-state index contributed by atoms with van der Waals surface area (Å²) in [4.78, 5) is 0. The van der Waals surface area contributed by atoms with E-state index in [2.05, 4.69) is 6.58 Å². The van der Waals surface area contributed by atoms with Crippen molar-refractivity contribution >= 4 is 0 Å². The summed E-state index contributed by atoms with van der Waals surface area (Å²) in [5, 5.41) is 9.22. The van der Waals surface area contributed by atoms with Gasteiger partial charge in [0.25, 0.3) is 0 Å². The third-order valence-electron chi connectivity index (χ3n) is 1.42. The SMILES string of the molecule is C=C(C)[C@@H](O)[C@H](C)CN. The zero-order valence-corrected chi connectivity index (χ0v) is 6.09. The second kappa shape index (κ2) is 3.64. The van der Waals surface area contributed by atoms with Gasteiger partial charge in [0.05, 0.1) is 6.10 Å². The van der Waals surface area contributed by atoms with Crippen LogP contribution in [0.2, 0.25) is 0 Å². The maximum atomic E-state index is 9.22. The molecule has 0 aliphatic heterocycles. The highest BCUT2D eigenvalue weighted by Gasteiger charge is 2.11. The van der Waals surface area contributed by atoms with E-state index in [1.54, 1.807) is 6.92 Å². The molecule has 0 heterocycles. The van der Waals surface area contributed by atoms with E-state index < -0.39 is 6.10 Å². The summed E-state index contributed by atoms with van der Waals surface area (Å²) in [6.45, 7) is 7.83. The van der Waals surface area contributed by atoms with Crippen molar-refractivity contribution in [1.82, 2.24) is 0 Å². The molecule has 2 nitrogen and oxygen atoms in total. The fourth-order valence-corrected chi connectivity index (χ4v) is 0.615. The van der Waals surface area contributed by atoms with Crippen LogP contribution in [-0.2, 0) is 0 Å². The highest BCUT2D eigenvalue weighted by atomic mass is 16.3. The highest BCUT2D eigenvalue weighted by Crippen LogP contribution is 2.07. The summed E-state index contributed by atoms with van der Waals surface area (Å²) in [5.41, 5.74) is 6.09. The number of aliphatic hydroxyl groups excluding tert-OH is 1. The Labute approximate surface area is 56.4 Å². The molecule has 0 fully saturated rings. The molecule has 9 heavy (non-hydrogen) atoms.